The third kappa shape index (κ3) is 2.96. The minimum absolute atomic E-state index is 0.0446. The molecule has 0 rings (SSSR count). The molecule has 0 fully saturated rings. The summed E-state index contributed by atoms with van der Waals surface area (Å²) in [5, 5.41) is 9.78. The van der Waals surface area contributed by atoms with E-state index in [1.165, 1.54) is 0 Å². The highest BCUT2D eigenvalue weighted by molar-refractivity contribution is 7.91. The zero-order valence-electron chi connectivity index (χ0n) is 13.2. The van der Waals surface area contributed by atoms with Gasteiger partial charge in [-0.25, -0.2) is 4.79 Å². The van der Waals surface area contributed by atoms with Crippen LogP contribution < -0.4 is 0 Å². The number of allylic oxidation sites excluding steroid dienone is 1. The highest BCUT2D eigenvalue weighted by Gasteiger charge is 2.58. The Morgan fingerprint density at radius 3 is 1.78 bits per heavy atom. The van der Waals surface area contributed by atoms with Crippen molar-refractivity contribution in [1.29, 1.82) is 0 Å². The van der Waals surface area contributed by atoms with Gasteiger partial charge in [-0.15, -0.1) is 0 Å². The summed E-state index contributed by atoms with van der Waals surface area (Å²) in [4.78, 5) is 11.9. The summed E-state index contributed by atoms with van der Waals surface area (Å²) in [5.41, 5.74) is 0.605. The number of hydrogen-bond acceptors (Lipinski definition) is 1. The first-order chi connectivity index (χ1) is 7.90. The van der Waals surface area contributed by atoms with Crippen LogP contribution in [0.2, 0.25) is 0 Å². The van der Waals surface area contributed by atoms with Gasteiger partial charge in [0.05, 0.1) is 12.3 Å². The lowest BCUT2D eigenvalue weighted by molar-refractivity contribution is 0.216. The highest BCUT2D eigenvalue weighted by Crippen LogP contribution is 2.70. The fourth-order valence-corrected chi connectivity index (χ4v) is 6.58. The lowest BCUT2D eigenvalue weighted by atomic mass is 9.76. The SMILES string of the molecule is C=C(C)C(C(C)(C)C(C)C)[P+](C)(C(=O)O)C(C)C. The van der Waals surface area contributed by atoms with Gasteiger partial charge in [0, 0.05) is 5.41 Å². The van der Waals surface area contributed by atoms with Crippen molar-refractivity contribution in [2.45, 2.75) is 59.8 Å². The van der Waals surface area contributed by atoms with E-state index in [2.05, 4.69) is 34.3 Å². The number of hydrogen-bond donors (Lipinski definition) is 1. The second-order valence-electron chi connectivity index (χ2n) is 6.75. The first-order valence-electron chi connectivity index (χ1n) is 6.64. The summed E-state index contributed by atoms with van der Waals surface area (Å²) in [6, 6.07) is 0. The van der Waals surface area contributed by atoms with Crippen LogP contribution in [0.1, 0.15) is 48.5 Å². The first kappa shape index (κ1) is 17.6. The van der Waals surface area contributed by atoms with Crippen molar-refractivity contribution in [1.82, 2.24) is 0 Å². The van der Waals surface area contributed by atoms with Crippen molar-refractivity contribution in [3.63, 3.8) is 0 Å². The summed E-state index contributed by atoms with van der Waals surface area (Å²) in [6.07, 6.45) is 0. The van der Waals surface area contributed by atoms with Crippen molar-refractivity contribution in [3.8, 4) is 0 Å². The Bertz CT molecular complexity index is 331. The van der Waals surface area contributed by atoms with Gasteiger partial charge in [-0.05, 0) is 32.3 Å². The zero-order valence-corrected chi connectivity index (χ0v) is 14.1. The molecule has 0 aliphatic carbocycles. The highest BCUT2D eigenvalue weighted by atomic mass is 31.2. The van der Waals surface area contributed by atoms with E-state index < -0.39 is 13.0 Å². The Morgan fingerprint density at radius 1 is 1.22 bits per heavy atom. The topological polar surface area (TPSA) is 37.3 Å². The van der Waals surface area contributed by atoms with Gasteiger partial charge >= 0.3 is 5.71 Å². The van der Waals surface area contributed by atoms with Gasteiger partial charge in [0.15, 0.2) is 0 Å². The largest absolute Gasteiger partial charge is 0.452 e. The lowest BCUT2D eigenvalue weighted by Gasteiger charge is -2.43. The summed E-state index contributed by atoms with van der Waals surface area (Å²) < 4.78 is 0. The van der Waals surface area contributed by atoms with E-state index in [1.807, 2.05) is 27.4 Å². The predicted octanol–water partition coefficient (Wildman–Crippen LogP) is 5.35. The van der Waals surface area contributed by atoms with Gasteiger partial charge < -0.3 is 5.11 Å². The molecule has 0 bridgehead atoms. The van der Waals surface area contributed by atoms with Crippen molar-refractivity contribution in [2.24, 2.45) is 11.3 Å². The van der Waals surface area contributed by atoms with Crippen LogP contribution in [0.3, 0.4) is 0 Å². The van der Waals surface area contributed by atoms with Gasteiger partial charge in [0.1, 0.15) is 12.9 Å². The van der Waals surface area contributed by atoms with E-state index in [0.717, 1.165) is 5.57 Å². The van der Waals surface area contributed by atoms with Crippen LogP contribution in [0, 0.1) is 11.3 Å². The fraction of sp³-hybridized carbons (Fsp3) is 0.800. The molecular formula is C15H30O2P+. The molecule has 106 valence electrons. The van der Waals surface area contributed by atoms with E-state index in [4.69, 9.17) is 0 Å². The lowest BCUT2D eigenvalue weighted by Crippen LogP contribution is -2.40. The minimum atomic E-state index is -2.14. The quantitative estimate of drug-likeness (QED) is 0.523. The molecule has 0 aliphatic rings. The predicted molar refractivity (Wildman–Crippen MR) is 83.2 cm³/mol. The maximum atomic E-state index is 11.9. The number of carboxylic acid groups (broad SMARTS) is 1. The minimum Gasteiger partial charge on any atom is -0.452 e. The van der Waals surface area contributed by atoms with Crippen LogP contribution in [-0.4, -0.2) is 28.8 Å². The molecular weight excluding hydrogens is 243 g/mol. The average molecular weight is 273 g/mol. The number of rotatable bonds is 6. The second kappa shape index (κ2) is 5.74. The van der Waals surface area contributed by atoms with Gasteiger partial charge in [0.25, 0.3) is 0 Å². The van der Waals surface area contributed by atoms with Gasteiger partial charge in [-0.1, -0.05) is 34.3 Å². The fourth-order valence-electron chi connectivity index (χ4n) is 2.73. The van der Waals surface area contributed by atoms with Gasteiger partial charge in [-0.3, -0.25) is 0 Å². The first-order valence-corrected chi connectivity index (χ1v) is 9.02. The Morgan fingerprint density at radius 2 is 1.61 bits per heavy atom. The maximum absolute atomic E-state index is 11.9. The summed E-state index contributed by atoms with van der Waals surface area (Å²) >= 11 is 0. The van der Waals surface area contributed by atoms with Crippen molar-refractivity contribution >= 4 is 13.0 Å². The second-order valence-corrected chi connectivity index (χ2v) is 11.0. The molecule has 2 unspecified atom stereocenters. The van der Waals surface area contributed by atoms with E-state index in [0.29, 0.717) is 5.92 Å². The van der Waals surface area contributed by atoms with E-state index >= 15 is 0 Å². The van der Waals surface area contributed by atoms with Crippen LogP contribution in [0.25, 0.3) is 0 Å². The van der Waals surface area contributed by atoms with Crippen LogP contribution >= 0.6 is 7.26 Å². The Hall–Kier alpha value is -0.360. The normalized spacial score (nSPS) is 17.7. The molecule has 0 saturated heterocycles. The smallest absolute Gasteiger partial charge is 0.448 e. The molecule has 0 aromatic carbocycles. The zero-order chi connectivity index (χ0) is 14.9. The molecule has 2 nitrogen and oxygen atoms in total. The molecule has 0 aromatic rings. The molecule has 0 saturated carbocycles. The van der Waals surface area contributed by atoms with Gasteiger partial charge in [-0.2, -0.15) is 0 Å². The monoisotopic (exact) mass is 273 g/mol. The van der Waals surface area contributed by atoms with E-state index in [-0.39, 0.29) is 16.7 Å². The van der Waals surface area contributed by atoms with E-state index in [9.17, 15) is 9.90 Å². The molecule has 2 atom stereocenters. The maximum Gasteiger partial charge on any atom is 0.448 e. The average Bonchev–Trinajstić information content (AvgIpc) is 2.15. The van der Waals surface area contributed by atoms with Crippen LogP contribution in [0.5, 0.6) is 0 Å². The van der Waals surface area contributed by atoms with Crippen LogP contribution in [0.4, 0.5) is 4.79 Å². The molecule has 0 heterocycles. The standard InChI is InChI=1S/C15H29O2P/c1-10(2)13(15(7,8)11(3)4)18(9,12(5)6)14(16)17/h11-13H,1H2,2-9H3/p+1. The molecule has 0 radical (unpaired) electrons. The van der Waals surface area contributed by atoms with Gasteiger partial charge in [0.2, 0.25) is 0 Å². The van der Waals surface area contributed by atoms with E-state index in [1.54, 1.807) is 0 Å². The Labute approximate surface area is 113 Å². The summed E-state index contributed by atoms with van der Waals surface area (Å²) in [7, 11) is -2.14. The van der Waals surface area contributed by atoms with Crippen LogP contribution in [0.15, 0.2) is 12.2 Å². The summed E-state index contributed by atoms with van der Waals surface area (Å²) in [5.74, 6) is 0.427. The third-order valence-corrected chi connectivity index (χ3v) is 9.83. The summed E-state index contributed by atoms with van der Waals surface area (Å²) in [6.45, 7) is 20.8. The Balaban J connectivity index is 5.90. The molecule has 18 heavy (non-hydrogen) atoms. The third-order valence-electron chi connectivity index (χ3n) is 4.68. The molecule has 3 heteroatoms. The molecule has 0 aliphatic heterocycles. The van der Waals surface area contributed by atoms with Crippen molar-refractivity contribution < 1.29 is 9.90 Å². The van der Waals surface area contributed by atoms with Crippen molar-refractivity contribution in [2.75, 3.05) is 6.66 Å². The van der Waals surface area contributed by atoms with Crippen molar-refractivity contribution in [3.05, 3.63) is 12.2 Å². The Kier molecular flexibility index (Phi) is 5.62. The molecule has 0 amide bonds. The van der Waals surface area contributed by atoms with Crippen LogP contribution in [-0.2, 0) is 0 Å². The molecule has 1 N–H and O–H groups in total. The number of carbonyl (C=O) groups is 1. The molecule has 0 spiro atoms. The molecule has 0 aromatic heterocycles.